The summed E-state index contributed by atoms with van der Waals surface area (Å²) >= 11 is 0. The van der Waals surface area contributed by atoms with Crippen molar-refractivity contribution < 1.29 is 9.47 Å². The van der Waals surface area contributed by atoms with Gasteiger partial charge in [-0.1, -0.05) is 0 Å². The smallest absolute Gasteiger partial charge is 0.226 e. The van der Waals surface area contributed by atoms with Crippen molar-refractivity contribution in [1.82, 2.24) is 9.97 Å². The number of nitrogens with zero attached hydrogens (tertiary/aromatic N) is 3. The van der Waals surface area contributed by atoms with Crippen LogP contribution in [0.1, 0.15) is 18.5 Å². The second-order valence-corrected chi connectivity index (χ2v) is 5.46. The molecule has 0 amide bonds. The van der Waals surface area contributed by atoms with E-state index in [2.05, 4.69) is 9.88 Å². The van der Waals surface area contributed by atoms with Crippen molar-refractivity contribution in [3.8, 4) is 22.8 Å². The average molecular weight is 299 g/mol. The molecule has 1 aliphatic heterocycles. The highest BCUT2D eigenvalue weighted by molar-refractivity contribution is 5.65. The Morgan fingerprint density at radius 1 is 0.955 bits per heavy atom. The summed E-state index contributed by atoms with van der Waals surface area (Å²) in [6, 6.07) is 7.85. The molecule has 22 heavy (non-hydrogen) atoms. The number of hydrogen-bond acceptors (Lipinski definition) is 5. The summed E-state index contributed by atoms with van der Waals surface area (Å²) in [6.45, 7) is 4.08. The zero-order valence-electron chi connectivity index (χ0n) is 13.3. The molecule has 0 atom stereocenters. The fourth-order valence-electron chi connectivity index (χ4n) is 2.75. The largest absolute Gasteiger partial charge is 0.493 e. The molecule has 1 aliphatic rings. The van der Waals surface area contributed by atoms with Gasteiger partial charge in [0.25, 0.3) is 0 Å². The summed E-state index contributed by atoms with van der Waals surface area (Å²) in [6.07, 6.45) is 2.42. The Bertz CT molecular complexity index is 667. The molecular formula is C17H21N3O2. The van der Waals surface area contributed by atoms with Crippen LogP contribution in [0.2, 0.25) is 0 Å². The predicted molar refractivity (Wildman–Crippen MR) is 86.8 cm³/mol. The van der Waals surface area contributed by atoms with Gasteiger partial charge in [0.2, 0.25) is 5.95 Å². The minimum Gasteiger partial charge on any atom is -0.493 e. The van der Waals surface area contributed by atoms with Crippen LogP contribution in [0.5, 0.6) is 11.5 Å². The van der Waals surface area contributed by atoms with Crippen LogP contribution >= 0.6 is 0 Å². The monoisotopic (exact) mass is 299 g/mol. The molecule has 1 saturated heterocycles. The highest BCUT2D eigenvalue weighted by Gasteiger charge is 2.17. The minimum absolute atomic E-state index is 0.707. The van der Waals surface area contributed by atoms with Gasteiger partial charge in [0.1, 0.15) is 0 Å². The normalized spacial score (nSPS) is 14.2. The van der Waals surface area contributed by atoms with Crippen LogP contribution in [-0.2, 0) is 0 Å². The lowest BCUT2D eigenvalue weighted by Crippen LogP contribution is -2.20. The van der Waals surface area contributed by atoms with Gasteiger partial charge < -0.3 is 14.4 Å². The Hall–Kier alpha value is -2.30. The van der Waals surface area contributed by atoms with Crippen LogP contribution in [0, 0.1) is 6.92 Å². The van der Waals surface area contributed by atoms with Crippen molar-refractivity contribution >= 4 is 5.95 Å². The number of benzene rings is 1. The van der Waals surface area contributed by atoms with Crippen LogP contribution in [-0.4, -0.2) is 37.3 Å². The molecule has 5 heteroatoms. The summed E-state index contributed by atoms with van der Waals surface area (Å²) in [4.78, 5) is 11.6. The first-order valence-electron chi connectivity index (χ1n) is 7.54. The van der Waals surface area contributed by atoms with Crippen LogP contribution in [0.4, 0.5) is 5.95 Å². The van der Waals surface area contributed by atoms with Crippen LogP contribution in [0.3, 0.4) is 0 Å². The number of methoxy groups -OCH3 is 2. The molecule has 0 bridgehead atoms. The molecule has 116 valence electrons. The Morgan fingerprint density at radius 2 is 1.68 bits per heavy atom. The van der Waals surface area contributed by atoms with Gasteiger partial charge in [-0.15, -0.1) is 0 Å². The van der Waals surface area contributed by atoms with E-state index in [0.29, 0.717) is 5.75 Å². The van der Waals surface area contributed by atoms with E-state index in [0.717, 1.165) is 41.7 Å². The lowest BCUT2D eigenvalue weighted by Gasteiger charge is -2.17. The molecule has 0 unspecified atom stereocenters. The van der Waals surface area contributed by atoms with Gasteiger partial charge in [-0.05, 0) is 44.0 Å². The van der Waals surface area contributed by atoms with E-state index >= 15 is 0 Å². The van der Waals surface area contributed by atoms with E-state index in [-0.39, 0.29) is 0 Å². The highest BCUT2D eigenvalue weighted by atomic mass is 16.5. The van der Waals surface area contributed by atoms with Gasteiger partial charge in [-0.3, -0.25) is 0 Å². The van der Waals surface area contributed by atoms with Crippen molar-refractivity contribution in [2.45, 2.75) is 19.8 Å². The summed E-state index contributed by atoms with van der Waals surface area (Å²) in [5, 5.41) is 0. The summed E-state index contributed by atoms with van der Waals surface area (Å²) in [7, 11) is 3.28. The number of ether oxygens (including phenoxy) is 2. The molecule has 2 aromatic rings. The number of aryl methyl sites for hydroxylation is 1. The van der Waals surface area contributed by atoms with Crippen LogP contribution in [0.15, 0.2) is 24.3 Å². The van der Waals surface area contributed by atoms with E-state index < -0.39 is 0 Å². The van der Waals surface area contributed by atoms with Crippen molar-refractivity contribution in [3.63, 3.8) is 0 Å². The topological polar surface area (TPSA) is 47.5 Å². The zero-order valence-corrected chi connectivity index (χ0v) is 13.3. The summed E-state index contributed by atoms with van der Waals surface area (Å²) < 4.78 is 10.7. The van der Waals surface area contributed by atoms with Crippen LogP contribution in [0.25, 0.3) is 11.3 Å². The Morgan fingerprint density at radius 3 is 2.36 bits per heavy atom. The first kappa shape index (κ1) is 14.6. The third kappa shape index (κ3) is 2.84. The number of anilines is 1. The van der Waals surface area contributed by atoms with Gasteiger partial charge in [0.05, 0.1) is 19.9 Å². The summed E-state index contributed by atoms with van der Waals surface area (Å²) in [5.41, 5.74) is 2.89. The SMILES string of the molecule is COc1ccc(-c2cc(C)nc(N3CCCC3)n2)cc1OC. The Kier molecular flexibility index (Phi) is 4.13. The van der Waals surface area contributed by atoms with Gasteiger partial charge in [0.15, 0.2) is 11.5 Å². The van der Waals surface area contributed by atoms with E-state index in [1.54, 1.807) is 14.2 Å². The van der Waals surface area contributed by atoms with Gasteiger partial charge in [-0.25, -0.2) is 9.97 Å². The molecule has 0 N–H and O–H groups in total. The number of aromatic nitrogens is 2. The van der Waals surface area contributed by atoms with Crippen LogP contribution < -0.4 is 14.4 Å². The molecular weight excluding hydrogens is 278 g/mol. The fraction of sp³-hybridized carbons (Fsp3) is 0.412. The zero-order chi connectivity index (χ0) is 15.5. The molecule has 1 fully saturated rings. The van der Waals surface area contributed by atoms with Crippen molar-refractivity contribution in [1.29, 1.82) is 0 Å². The van der Waals surface area contributed by atoms with Crippen molar-refractivity contribution in [2.75, 3.05) is 32.2 Å². The summed E-state index contributed by atoms with van der Waals surface area (Å²) in [5.74, 6) is 2.25. The highest BCUT2D eigenvalue weighted by Crippen LogP contribution is 2.32. The molecule has 2 heterocycles. The molecule has 0 radical (unpaired) electrons. The maximum absolute atomic E-state index is 5.38. The predicted octanol–water partition coefficient (Wildman–Crippen LogP) is 3.07. The van der Waals surface area contributed by atoms with Crippen molar-refractivity contribution in [3.05, 3.63) is 30.0 Å². The molecule has 1 aromatic carbocycles. The Balaban J connectivity index is 2.00. The molecule has 1 aromatic heterocycles. The fourth-order valence-corrected chi connectivity index (χ4v) is 2.75. The lowest BCUT2D eigenvalue weighted by molar-refractivity contribution is 0.355. The van der Waals surface area contributed by atoms with Gasteiger partial charge in [-0.2, -0.15) is 0 Å². The molecule has 3 rings (SSSR count). The lowest BCUT2D eigenvalue weighted by atomic mass is 10.1. The first-order chi connectivity index (χ1) is 10.7. The van der Waals surface area contributed by atoms with E-state index in [9.17, 15) is 0 Å². The molecule has 0 aliphatic carbocycles. The quantitative estimate of drug-likeness (QED) is 0.868. The second-order valence-electron chi connectivity index (χ2n) is 5.46. The van der Waals surface area contributed by atoms with E-state index in [4.69, 9.17) is 14.5 Å². The average Bonchev–Trinajstić information content (AvgIpc) is 3.08. The second kappa shape index (κ2) is 6.22. The third-order valence-corrected chi connectivity index (χ3v) is 3.91. The third-order valence-electron chi connectivity index (χ3n) is 3.91. The molecule has 0 saturated carbocycles. The number of rotatable bonds is 4. The maximum Gasteiger partial charge on any atom is 0.226 e. The van der Waals surface area contributed by atoms with Gasteiger partial charge in [0, 0.05) is 24.3 Å². The van der Waals surface area contributed by atoms with Crippen molar-refractivity contribution in [2.24, 2.45) is 0 Å². The molecule has 0 spiro atoms. The van der Waals surface area contributed by atoms with E-state index in [1.165, 1.54) is 12.8 Å². The van der Waals surface area contributed by atoms with E-state index in [1.807, 2.05) is 31.2 Å². The Labute approximate surface area is 130 Å². The minimum atomic E-state index is 0.707. The first-order valence-corrected chi connectivity index (χ1v) is 7.54. The molecule has 5 nitrogen and oxygen atoms in total. The van der Waals surface area contributed by atoms with Gasteiger partial charge >= 0.3 is 0 Å². The number of hydrogen-bond donors (Lipinski definition) is 0. The standard InChI is InChI=1S/C17H21N3O2/c1-12-10-14(19-17(18-12)20-8-4-5-9-20)13-6-7-15(21-2)16(11-13)22-3/h6-7,10-11H,4-5,8-9H2,1-3H3. The maximum atomic E-state index is 5.38.